The molecule has 2 aromatic carbocycles. The van der Waals surface area contributed by atoms with E-state index in [4.69, 9.17) is 4.74 Å². The van der Waals surface area contributed by atoms with E-state index in [2.05, 4.69) is 9.80 Å². The predicted octanol–water partition coefficient (Wildman–Crippen LogP) is 2.29. The van der Waals surface area contributed by atoms with Gasteiger partial charge in [-0.1, -0.05) is 6.07 Å². The highest BCUT2D eigenvalue weighted by atomic mass is 19.1. The van der Waals surface area contributed by atoms with Crippen LogP contribution < -0.4 is 14.5 Å². The Hall–Kier alpha value is -2.93. The van der Waals surface area contributed by atoms with Crippen molar-refractivity contribution in [3.63, 3.8) is 0 Å². The van der Waals surface area contributed by atoms with Crippen molar-refractivity contribution in [2.24, 2.45) is 0 Å². The maximum absolute atomic E-state index is 13.2. The van der Waals surface area contributed by atoms with Crippen molar-refractivity contribution in [1.29, 1.82) is 0 Å². The van der Waals surface area contributed by atoms with Crippen LogP contribution in [0.2, 0.25) is 0 Å². The number of piperazine rings is 1. The molecule has 0 aliphatic carbocycles. The molecule has 0 aromatic heterocycles. The molecule has 0 bridgehead atoms. The van der Waals surface area contributed by atoms with Gasteiger partial charge in [0.25, 0.3) is 5.91 Å². The van der Waals surface area contributed by atoms with Crippen molar-refractivity contribution >= 4 is 23.2 Å². The largest absolute Gasteiger partial charge is 0.497 e. The van der Waals surface area contributed by atoms with Gasteiger partial charge in [0, 0.05) is 37.9 Å². The zero-order chi connectivity index (χ0) is 19.7. The van der Waals surface area contributed by atoms with Crippen LogP contribution in [0.4, 0.5) is 15.8 Å². The van der Waals surface area contributed by atoms with Crippen LogP contribution in [0.25, 0.3) is 0 Å². The van der Waals surface area contributed by atoms with E-state index >= 15 is 0 Å². The van der Waals surface area contributed by atoms with E-state index in [0.29, 0.717) is 18.8 Å². The number of hydrogen-bond donors (Lipinski definition) is 0. The van der Waals surface area contributed by atoms with Crippen molar-refractivity contribution < 1.29 is 18.7 Å². The van der Waals surface area contributed by atoms with Gasteiger partial charge in [-0.05, 0) is 36.4 Å². The number of rotatable bonds is 4. The Morgan fingerprint density at radius 1 is 0.964 bits per heavy atom. The second-order valence-electron chi connectivity index (χ2n) is 6.99. The third-order valence-corrected chi connectivity index (χ3v) is 5.38. The maximum atomic E-state index is 13.2. The predicted molar refractivity (Wildman–Crippen MR) is 104 cm³/mol. The molecule has 4 rings (SSSR count). The smallest absolute Gasteiger partial charge is 0.251 e. The van der Waals surface area contributed by atoms with Crippen molar-refractivity contribution in [3.8, 4) is 5.75 Å². The lowest BCUT2D eigenvalue weighted by Gasteiger charge is -2.38. The van der Waals surface area contributed by atoms with Crippen LogP contribution in [-0.4, -0.2) is 56.0 Å². The molecule has 2 aromatic rings. The summed E-state index contributed by atoms with van der Waals surface area (Å²) in [6, 6.07) is 12.9. The molecule has 0 spiro atoms. The summed E-state index contributed by atoms with van der Waals surface area (Å²) in [5.74, 6) is -0.0530. The van der Waals surface area contributed by atoms with Crippen LogP contribution in [0.3, 0.4) is 0 Å². The molecule has 0 saturated carbocycles. The van der Waals surface area contributed by atoms with E-state index in [1.165, 1.54) is 29.2 Å². The molecule has 146 valence electrons. The first-order chi connectivity index (χ1) is 13.6. The Morgan fingerprint density at radius 3 is 2.36 bits per heavy atom. The average Bonchev–Trinajstić information content (AvgIpc) is 3.03. The second-order valence-corrected chi connectivity index (χ2v) is 6.99. The van der Waals surface area contributed by atoms with Gasteiger partial charge in [-0.3, -0.25) is 14.5 Å². The van der Waals surface area contributed by atoms with Crippen LogP contribution in [0.1, 0.15) is 6.42 Å². The Bertz CT molecular complexity index is 879. The Labute approximate surface area is 163 Å². The SMILES string of the molecule is COc1cccc(N2CCN([C@@H]3CC(=O)N(c4ccc(F)cc4)C3=O)CC2)c1. The third kappa shape index (κ3) is 3.45. The number of carbonyl (C=O) groups is 2. The van der Waals surface area contributed by atoms with Crippen LogP contribution in [0, 0.1) is 5.82 Å². The molecule has 2 amide bonds. The third-order valence-electron chi connectivity index (χ3n) is 5.38. The molecule has 2 fully saturated rings. The fourth-order valence-corrected chi connectivity index (χ4v) is 3.86. The summed E-state index contributed by atoms with van der Waals surface area (Å²) >= 11 is 0. The van der Waals surface area contributed by atoms with Gasteiger partial charge < -0.3 is 9.64 Å². The molecule has 7 heteroatoms. The van der Waals surface area contributed by atoms with Crippen molar-refractivity contribution in [2.45, 2.75) is 12.5 Å². The van der Waals surface area contributed by atoms with Gasteiger partial charge in [0.05, 0.1) is 25.3 Å². The van der Waals surface area contributed by atoms with E-state index in [9.17, 15) is 14.0 Å². The van der Waals surface area contributed by atoms with Crippen molar-refractivity contribution in [2.75, 3.05) is 43.1 Å². The van der Waals surface area contributed by atoms with Gasteiger partial charge in [-0.15, -0.1) is 0 Å². The van der Waals surface area contributed by atoms with E-state index in [0.717, 1.165) is 24.5 Å². The first-order valence-electron chi connectivity index (χ1n) is 9.32. The summed E-state index contributed by atoms with van der Waals surface area (Å²) in [6.07, 6.45) is 0.162. The first kappa shape index (κ1) is 18.4. The maximum Gasteiger partial charge on any atom is 0.251 e. The Balaban J connectivity index is 1.42. The Morgan fingerprint density at radius 2 is 1.68 bits per heavy atom. The second kappa shape index (κ2) is 7.59. The van der Waals surface area contributed by atoms with Crippen LogP contribution in [0.15, 0.2) is 48.5 Å². The topological polar surface area (TPSA) is 53.1 Å². The lowest BCUT2D eigenvalue weighted by Crippen LogP contribution is -2.52. The fourth-order valence-electron chi connectivity index (χ4n) is 3.86. The zero-order valence-electron chi connectivity index (χ0n) is 15.7. The minimum atomic E-state index is -0.454. The number of methoxy groups -OCH3 is 1. The van der Waals surface area contributed by atoms with Crippen molar-refractivity contribution in [3.05, 3.63) is 54.3 Å². The van der Waals surface area contributed by atoms with Gasteiger partial charge in [0.1, 0.15) is 11.6 Å². The number of benzene rings is 2. The molecule has 2 heterocycles. The van der Waals surface area contributed by atoms with E-state index in [1.807, 2.05) is 24.3 Å². The summed E-state index contributed by atoms with van der Waals surface area (Å²) in [7, 11) is 1.65. The molecule has 2 saturated heterocycles. The summed E-state index contributed by atoms with van der Waals surface area (Å²) in [5, 5.41) is 0. The van der Waals surface area contributed by atoms with E-state index in [-0.39, 0.29) is 18.2 Å². The van der Waals surface area contributed by atoms with E-state index < -0.39 is 11.9 Å². The van der Waals surface area contributed by atoms with Gasteiger partial charge in [-0.25, -0.2) is 9.29 Å². The first-order valence-corrected chi connectivity index (χ1v) is 9.32. The zero-order valence-corrected chi connectivity index (χ0v) is 15.7. The number of hydrogen-bond acceptors (Lipinski definition) is 5. The molecule has 28 heavy (non-hydrogen) atoms. The average molecular weight is 383 g/mol. The summed E-state index contributed by atoms with van der Waals surface area (Å²) in [6.45, 7) is 2.92. The number of amides is 2. The highest BCUT2D eigenvalue weighted by Crippen LogP contribution is 2.28. The number of nitrogens with zero attached hydrogens (tertiary/aromatic N) is 3. The van der Waals surface area contributed by atoms with Gasteiger partial charge in [0.2, 0.25) is 5.91 Å². The highest BCUT2D eigenvalue weighted by molar-refractivity contribution is 6.22. The quantitative estimate of drug-likeness (QED) is 0.759. The normalized spacial score (nSPS) is 20.7. The van der Waals surface area contributed by atoms with Gasteiger partial charge in [-0.2, -0.15) is 0 Å². The lowest BCUT2D eigenvalue weighted by atomic mass is 10.1. The highest BCUT2D eigenvalue weighted by Gasteiger charge is 2.43. The molecule has 0 radical (unpaired) electrons. The number of halogens is 1. The molecule has 0 unspecified atom stereocenters. The van der Waals surface area contributed by atoms with Gasteiger partial charge >= 0.3 is 0 Å². The van der Waals surface area contributed by atoms with Crippen molar-refractivity contribution in [1.82, 2.24) is 4.90 Å². The molecule has 1 atom stereocenters. The summed E-state index contributed by atoms with van der Waals surface area (Å²) < 4.78 is 18.4. The number of ether oxygens (including phenoxy) is 1. The molecular formula is C21H22FN3O3. The summed E-state index contributed by atoms with van der Waals surface area (Å²) in [4.78, 5) is 30.8. The molecular weight excluding hydrogens is 361 g/mol. The van der Waals surface area contributed by atoms with Crippen LogP contribution >= 0.6 is 0 Å². The molecule has 0 N–H and O–H groups in total. The number of imide groups is 1. The minimum Gasteiger partial charge on any atom is -0.497 e. The number of anilines is 2. The molecule has 6 nitrogen and oxygen atoms in total. The van der Waals surface area contributed by atoms with Gasteiger partial charge in [0.15, 0.2) is 0 Å². The van der Waals surface area contributed by atoms with Crippen LogP contribution in [0.5, 0.6) is 5.75 Å². The molecule has 2 aliphatic rings. The molecule has 2 aliphatic heterocycles. The monoisotopic (exact) mass is 383 g/mol. The number of carbonyl (C=O) groups excluding carboxylic acids is 2. The van der Waals surface area contributed by atoms with E-state index in [1.54, 1.807) is 7.11 Å². The van der Waals surface area contributed by atoms with Crippen LogP contribution in [-0.2, 0) is 9.59 Å². The minimum absolute atomic E-state index is 0.162. The Kier molecular flexibility index (Phi) is 5.00. The summed E-state index contributed by atoms with van der Waals surface area (Å²) in [5.41, 5.74) is 1.51. The lowest BCUT2D eigenvalue weighted by molar-refractivity contribution is -0.123. The fraction of sp³-hybridized carbons (Fsp3) is 0.333. The standard InChI is InChI=1S/C21H22FN3O3/c1-28-18-4-2-3-17(13-18)23-9-11-24(12-10-23)19-14-20(26)25(21(19)27)16-7-5-15(22)6-8-16/h2-8,13,19H,9-12,14H2,1H3/t19-/m1/s1.